The number of nitrogens with two attached hydrogens (primary N) is 1. The van der Waals surface area contributed by atoms with E-state index in [0.29, 0.717) is 18.4 Å². The van der Waals surface area contributed by atoms with E-state index in [9.17, 15) is 4.79 Å². The summed E-state index contributed by atoms with van der Waals surface area (Å²) >= 11 is 3.41. The molecule has 4 N–H and O–H groups in total. The number of halogens is 1. The summed E-state index contributed by atoms with van der Waals surface area (Å²) in [4.78, 5) is 12.5. The van der Waals surface area contributed by atoms with Gasteiger partial charge in [0.2, 0.25) is 0 Å². The van der Waals surface area contributed by atoms with Crippen LogP contribution in [0.1, 0.15) is 48.0 Å². The molecule has 1 aromatic carbocycles. The first-order valence-electron chi connectivity index (χ1n) is 7.05. The fourth-order valence-corrected chi connectivity index (χ4v) is 3.46. The molecular formula is C15H20BrN3O2. The molecule has 0 unspecified atom stereocenters. The molecule has 6 heteroatoms. The Labute approximate surface area is 132 Å². The summed E-state index contributed by atoms with van der Waals surface area (Å²) in [5.41, 5.74) is 6.73. The van der Waals surface area contributed by atoms with E-state index in [2.05, 4.69) is 26.4 Å². The van der Waals surface area contributed by atoms with Crippen molar-refractivity contribution in [3.05, 3.63) is 33.8 Å². The molecule has 0 aromatic heterocycles. The van der Waals surface area contributed by atoms with E-state index >= 15 is 0 Å². The van der Waals surface area contributed by atoms with Gasteiger partial charge in [0.05, 0.1) is 5.56 Å². The van der Waals surface area contributed by atoms with Crippen LogP contribution >= 0.6 is 15.9 Å². The number of amidine groups is 1. The van der Waals surface area contributed by atoms with Gasteiger partial charge in [-0.2, -0.15) is 0 Å². The van der Waals surface area contributed by atoms with Crippen molar-refractivity contribution in [3.8, 4) is 0 Å². The molecule has 114 valence electrons. The zero-order chi connectivity index (χ0) is 15.5. The summed E-state index contributed by atoms with van der Waals surface area (Å²) in [7, 11) is 0. The maximum atomic E-state index is 12.5. The zero-order valence-electron chi connectivity index (χ0n) is 12.0. The van der Waals surface area contributed by atoms with Crippen LogP contribution in [0, 0.1) is 6.92 Å². The molecule has 1 aliphatic rings. The quantitative estimate of drug-likeness (QED) is 0.338. The Morgan fingerprint density at radius 1 is 1.38 bits per heavy atom. The SMILES string of the molecule is Cc1ccc(C(=O)NC2(/C(N)=N/O)CCCCC2)c(Br)c1. The number of aryl methyl sites for hydroxylation is 1. The molecule has 1 aromatic rings. The summed E-state index contributed by atoms with van der Waals surface area (Å²) in [6.07, 6.45) is 4.39. The first kappa shape index (κ1) is 15.8. The standard InChI is InChI=1S/C15H20BrN3O2/c1-10-5-6-11(12(16)9-10)13(20)18-15(14(17)19-21)7-3-2-4-8-15/h5-6,9,21H,2-4,7-8H2,1H3,(H2,17,19)(H,18,20). The van der Waals surface area contributed by atoms with Gasteiger partial charge in [0.25, 0.3) is 5.91 Å². The average Bonchev–Trinajstić information content (AvgIpc) is 2.47. The lowest BCUT2D eigenvalue weighted by molar-refractivity contribution is 0.0905. The van der Waals surface area contributed by atoms with Crippen LogP contribution in [0.25, 0.3) is 0 Å². The Morgan fingerprint density at radius 2 is 2.05 bits per heavy atom. The Kier molecular flexibility index (Phi) is 4.88. The molecule has 1 fully saturated rings. The number of hydrogen-bond donors (Lipinski definition) is 3. The van der Waals surface area contributed by atoms with Crippen molar-refractivity contribution >= 4 is 27.7 Å². The highest BCUT2D eigenvalue weighted by molar-refractivity contribution is 9.10. The van der Waals surface area contributed by atoms with Crippen molar-refractivity contribution in [3.63, 3.8) is 0 Å². The van der Waals surface area contributed by atoms with E-state index < -0.39 is 5.54 Å². The van der Waals surface area contributed by atoms with Gasteiger partial charge < -0.3 is 16.3 Å². The zero-order valence-corrected chi connectivity index (χ0v) is 13.6. The smallest absolute Gasteiger partial charge is 0.253 e. The molecule has 21 heavy (non-hydrogen) atoms. The third-order valence-electron chi connectivity index (χ3n) is 4.03. The highest BCUT2D eigenvalue weighted by Gasteiger charge is 2.38. The van der Waals surface area contributed by atoms with Crippen LogP contribution in [0.2, 0.25) is 0 Å². The minimum atomic E-state index is -0.742. The summed E-state index contributed by atoms with van der Waals surface area (Å²) in [5, 5.41) is 15.1. The average molecular weight is 354 g/mol. The van der Waals surface area contributed by atoms with Gasteiger partial charge in [-0.1, -0.05) is 30.5 Å². The number of carbonyl (C=O) groups excluding carboxylic acids is 1. The highest BCUT2D eigenvalue weighted by atomic mass is 79.9. The van der Waals surface area contributed by atoms with E-state index in [0.717, 1.165) is 29.3 Å². The van der Waals surface area contributed by atoms with Gasteiger partial charge in [-0.05, 0) is 53.4 Å². The van der Waals surface area contributed by atoms with Crippen molar-refractivity contribution in [1.82, 2.24) is 5.32 Å². The minimum Gasteiger partial charge on any atom is -0.409 e. The first-order valence-corrected chi connectivity index (χ1v) is 7.84. The van der Waals surface area contributed by atoms with Crippen LogP contribution in [0.15, 0.2) is 27.8 Å². The van der Waals surface area contributed by atoms with Crippen molar-refractivity contribution in [2.45, 2.75) is 44.6 Å². The van der Waals surface area contributed by atoms with Crippen molar-refractivity contribution in [1.29, 1.82) is 0 Å². The van der Waals surface area contributed by atoms with Crippen molar-refractivity contribution in [2.75, 3.05) is 0 Å². The second-order valence-electron chi connectivity index (χ2n) is 5.57. The van der Waals surface area contributed by atoms with Gasteiger partial charge in [-0.15, -0.1) is 0 Å². The van der Waals surface area contributed by atoms with E-state index in [1.807, 2.05) is 19.1 Å². The summed E-state index contributed by atoms with van der Waals surface area (Å²) < 4.78 is 0.741. The van der Waals surface area contributed by atoms with Gasteiger partial charge in [-0.3, -0.25) is 4.79 Å². The predicted molar refractivity (Wildman–Crippen MR) is 85.6 cm³/mol. The molecule has 0 aliphatic heterocycles. The normalized spacial score (nSPS) is 18.3. The first-order chi connectivity index (χ1) is 9.98. The molecule has 0 atom stereocenters. The molecule has 1 saturated carbocycles. The molecule has 0 bridgehead atoms. The molecule has 0 radical (unpaired) electrons. The largest absolute Gasteiger partial charge is 0.409 e. The lowest BCUT2D eigenvalue weighted by atomic mass is 9.80. The minimum absolute atomic E-state index is 0.0822. The number of carbonyl (C=O) groups is 1. The fourth-order valence-electron chi connectivity index (χ4n) is 2.79. The fraction of sp³-hybridized carbons (Fsp3) is 0.467. The van der Waals surface area contributed by atoms with Crippen LogP contribution in [0.3, 0.4) is 0 Å². The second-order valence-corrected chi connectivity index (χ2v) is 6.42. The van der Waals surface area contributed by atoms with Gasteiger partial charge >= 0.3 is 0 Å². The molecule has 0 spiro atoms. The number of amides is 1. The highest BCUT2D eigenvalue weighted by Crippen LogP contribution is 2.29. The van der Waals surface area contributed by atoms with Gasteiger partial charge in [0.15, 0.2) is 5.84 Å². The van der Waals surface area contributed by atoms with Gasteiger partial charge in [0.1, 0.15) is 5.54 Å². The molecule has 0 saturated heterocycles. The van der Waals surface area contributed by atoms with Crippen LogP contribution in [0.5, 0.6) is 0 Å². The number of rotatable bonds is 3. The predicted octanol–water partition coefficient (Wildman–Crippen LogP) is 2.94. The molecule has 5 nitrogen and oxygen atoms in total. The summed E-state index contributed by atoms with van der Waals surface area (Å²) in [6.45, 7) is 1.96. The third-order valence-corrected chi connectivity index (χ3v) is 4.68. The lowest BCUT2D eigenvalue weighted by Gasteiger charge is -2.36. The van der Waals surface area contributed by atoms with Gasteiger partial charge in [0, 0.05) is 4.47 Å². The van der Waals surface area contributed by atoms with Crippen LogP contribution < -0.4 is 11.1 Å². The Morgan fingerprint density at radius 3 is 2.62 bits per heavy atom. The van der Waals surface area contributed by atoms with E-state index in [4.69, 9.17) is 10.9 Å². The maximum Gasteiger partial charge on any atom is 0.253 e. The topological polar surface area (TPSA) is 87.7 Å². The Bertz CT molecular complexity index is 566. The van der Waals surface area contributed by atoms with E-state index in [1.165, 1.54) is 0 Å². The summed E-state index contributed by atoms with van der Waals surface area (Å²) in [5.74, 6) is -0.130. The van der Waals surface area contributed by atoms with Crippen molar-refractivity contribution in [2.24, 2.45) is 10.9 Å². The maximum absolute atomic E-state index is 12.5. The van der Waals surface area contributed by atoms with E-state index in [-0.39, 0.29) is 11.7 Å². The number of hydrogen-bond acceptors (Lipinski definition) is 3. The summed E-state index contributed by atoms with van der Waals surface area (Å²) in [6, 6.07) is 5.56. The van der Waals surface area contributed by atoms with Crippen LogP contribution in [-0.2, 0) is 0 Å². The molecule has 1 aliphatic carbocycles. The molecule has 2 rings (SSSR count). The van der Waals surface area contributed by atoms with Crippen LogP contribution in [0.4, 0.5) is 0 Å². The van der Waals surface area contributed by atoms with Crippen LogP contribution in [-0.4, -0.2) is 22.5 Å². The lowest BCUT2D eigenvalue weighted by Crippen LogP contribution is -2.58. The molecule has 1 amide bonds. The second kappa shape index (κ2) is 6.47. The Balaban J connectivity index is 2.26. The number of nitrogens with one attached hydrogen (secondary N) is 1. The third kappa shape index (κ3) is 3.37. The van der Waals surface area contributed by atoms with Crippen molar-refractivity contribution < 1.29 is 10.0 Å². The number of nitrogens with zero attached hydrogens (tertiary/aromatic N) is 1. The number of benzene rings is 1. The Hall–Kier alpha value is -1.56. The van der Waals surface area contributed by atoms with Gasteiger partial charge in [-0.25, -0.2) is 0 Å². The monoisotopic (exact) mass is 353 g/mol. The van der Waals surface area contributed by atoms with E-state index in [1.54, 1.807) is 6.07 Å². The molecular weight excluding hydrogens is 334 g/mol. The number of oxime groups is 1. The molecule has 0 heterocycles.